The van der Waals surface area contributed by atoms with Crippen LogP contribution in [0, 0.1) is 6.92 Å². The lowest BCUT2D eigenvalue weighted by molar-refractivity contribution is 0.476. The molecule has 19 heavy (non-hydrogen) atoms. The molecule has 2 nitrogen and oxygen atoms in total. The Kier molecular flexibility index (Phi) is 4.58. The summed E-state index contributed by atoms with van der Waals surface area (Å²) in [5, 5.41) is 0. The molecule has 2 aromatic carbocycles. The summed E-state index contributed by atoms with van der Waals surface area (Å²) < 4.78 is 5.96. The quantitative estimate of drug-likeness (QED) is 0.880. The second kappa shape index (κ2) is 6.39. The molecule has 0 saturated carbocycles. The van der Waals surface area contributed by atoms with E-state index < -0.39 is 0 Å². The summed E-state index contributed by atoms with van der Waals surface area (Å²) in [5.74, 6) is 1.78. The van der Waals surface area contributed by atoms with Gasteiger partial charge >= 0.3 is 0 Å². The van der Waals surface area contributed by atoms with Gasteiger partial charge in [0.2, 0.25) is 0 Å². The molecule has 2 N–H and O–H groups in total. The van der Waals surface area contributed by atoms with Gasteiger partial charge in [0.25, 0.3) is 0 Å². The monoisotopic (exact) mass is 255 g/mol. The van der Waals surface area contributed by atoms with Crippen molar-refractivity contribution < 1.29 is 4.74 Å². The largest absolute Gasteiger partial charge is 0.457 e. The molecular formula is C17H21NO. The maximum atomic E-state index is 5.96. The van der Waals surface area contributed by atoms with Crippen molar-refractivity contribution in [1.29, 1.82) is 0 Å². The first-order valence-corrected chi connectivity index (χ1v) is 6.79. The van der Waals surface area contributed by atoms with Crippen molar-refractivity contribution >= 4 is 0 Å². The highest BCUT2D eigenvalue weighted by molar-refractivity contribution is 5.41. The first-order chi connectivity index (χ1) is 9.22. The van der Waals surface area contributed by atoms with Gasteiger partial charge in [-0.2, -0.15) is 0 Å². The molecular weight excluding hydrogens is 234 g/mol. The van der Waals surface area contributed by atoms with Crippen molar-refractivity contribution in [3.05, 3.63) is 59.2 Å². The molecule has 0 unspecified atom stereocenters. The summed E-state index contributed by atoms with van der Waals surface area (Å²) in [6, 6.07) is 14.5. The van der Waals surface area contributed by atoms with Crippen LogP contribution in [-0.4, -0.2) is 6.54 Å². The van der Waals surface area contributed by atoms with Crippen LogP contribution in [-0.2, 0) is 12.8 Å². The van der Waals surface area contributed by atoms with Gasteiger partial charge in [0, 0.05) is 0 Å². The van der Waals surface area contributed by atoms with E-state index in [1.165, 1.54) is 16.7 Å². The fourth-order valence-corrected chi connectivity index (χ4v) is 2.08. The van der Waals surface area contributed by atoms with Gasteiger partial charge in [-0.25, -0.2) is 0 Å². The molecule has 0 aliphatic rings. The van der Waals surface area contributed by atoms with Gasteiger partial charge in [0.15, 0.2) is 0 Å². The topological polar surface area (TPSA) is 35.2 Å². The Morgan fingerprint density at radius 1 is 1.05 bits per heavy atom. The van der Waals surface area contributed by atoms with Gasteiger partial charge in [-0.05, 0) is 55.6 Å². The lowest BCUT2D eigenvalue weighted by Crippen LogP contribution is -2.04. The van der Waals surface area contributed by atoms with Crippen molar-refractivity contribution in [1.82, 2.24) is 0 Å². The van der Waals surface area contributed by atoms with E-state index in [4.69, 9.17) is 10.5 Å². The Balaban J connectivity index is 2.21. The van der Waals surface area contributed by atoms with Crippen LogP contribution in [0.15, 0.2) is 42.5 Å². The summed E-state index contributed by atoms with van der Waals surface area (Å²) in [6.45, 7) is 4.86. The Morgan fingerprint density at radius 2 is 1.79 bits per heavy atom. The van der Waals surface area contributed by atoms with Crippen LogP contribution in [0.5, 0.6) is 11.5 Å². The van der Waals surface area contributed by atoms with Gasteiger partial charge in [0.1, 0.15) is 11.5 Å². The molecule has 0 radical (unpaired) electrons. The smallest absolute Gasteiger partial charge is 0.130 e. The van der Waals surface area contributed by atoms with E-state index in [-0.39, 0.29) is 0 Å². The average Bonchev–Trinajstić information content (AvgIpc) is 2.43. The van der Waals surface area contributed by atoms with Crippen molar-refractivity contribution in [3.8, 4) is 11.5 Å². The average molecular weight is 255 g/mol. The maximum absolute atomic E-state index is 5.96. The number of rotatable bonds is 5. The molecule has 0 heterocycles. The third-order valence-corrected chi connectivity index (χ3v) is 3.19. The highest BCUT2D eigenvalue weighted by Gasteiger charge is 2.05. The van der Waals surface area contributed by atoms with Crippen LogP contribution in [0.1, 0.15) is 23.6 Å². The number of hydrogen-bond donors (Lipinski definition) is 1. The van der Waals surface area contributed by atoms with Crippen LogP contribution < -0.4 is 10.5 Å². The minimum absolute atomic E-state index is 0.634. The van der Waals surface area contributed by atoms with Gasteiger partial charge in [0.05, 0.1) is 0 Å². The fraction of sp³-hybridized carbons (Fsp3) is 0.294. The molecule has 2 aromatic rings. The molecule has 0 aliphatic carbocycles. The molecule has 0 saturated heterocycles. The second-order valence-corrected chi connectivity index (χ2v) is 4.75. The normalized spacial score (nSPS) is 10.5. The summed E-state index contributed by atoms with van der Waals surface area (Å²) in [5.41, 5.74) is 9.38. The van der Waals surface area contributed by atoms with E-state index in [1.807, 2.05) is 18.2 Å². The van der Waals surface area contributed by atoms with Gasteiger partial charge in [-0.15, -0.1) is 0 Å². The van der Waals surface area contributed by atoms with Gasteiger partial charge in [-0.3, -0.25) is 0 Å². The van der Waals surface area contributed by atoms with Crippen molar-refractivity contribution in [2.45, 2.75) is 26.7 Å². The molecule has 0 amide bonds. The lowest BCUT2D eigenvalue weighted by atomic mass is 10.1. The maximum Gasteiger partial charge on any atom is 0.130 e. The fourth-order valence-electron chi connectivity index (χ4n) is 2.08. The lowest BCUT2D eigenvalue weighted by Gasteiger charge is -2.12. The van der Waals surface area contributed by atoms with E-state index in [1.54, 1.807) is 0 Å². The van der Waals surface area contributed by atoms with E-state index in [2.05, 4.69) is 38.1 Å². The third kappa shape index (κ3) is 3.58. The predicted octanol–water partition coefficient (Wildman–Crippen LogP) is 3.85. The van der Waals surface area contributed by atoms with Crippen LogP contribution in [0.3, 0.4) is 0 Å². The van der Waals surface area contributed by atoms with E-state index in [9.17, 15) is 0 Å². The Morgan fingerprint density at radius 3 is 2.42 bits per heavy atom. The predicted molar refractivity (Wildman–Crippen MR) is 79.8 cm³/mol. The second-order valence-electron chi connectivity index (χ2n) is 4.75. The van der Waals surface area contributed by atoms with Gasteiger partial charge < -0.3 is 10.5 Å². The Labute approximate surface area is 115 Å². The van der Waals surface area contributed by atoms with Crippen molar-refractivity contribution in [3.63, 3.8) is 0 Å². The number of benzene rings is 2. The highest BCUT2D eigenvalue weighted by Crippen LogP contribution is 2.26. The molecule has 2 rings (SSSR count). The number of nitrogens with two attached hydrogens (primary N) is 1. The molecule has 0 aromatic heterocycles. The zero-order chi connectivity index (χ0) is 13.7. The summed E-state index contributed by atoms with van der Waals surface area (Å²) >= 11 is 0. The first kappa shape index (κ1) is 13.6. The molecule has 0 bridgehead atoms. The summed E-state index contributed by atoms with van der Waals surface area (Å²) in [7, 11) is 0. The van der Waals surface area contributed by atoms with Crippen LogP contribution in [0.25, 0.3) is 0 Å². The molecule has 2 heteroatoms. The van der Waals surface area contributed by atoms with Crippen LogP contribution in [0.2, 0.25) is 0 Å². The number of aryl methyl sites for hydroxylation is 2. The SMILES string of the molecule is CCc1ccc(Oc2ccc(C)cc2CCN)cc1. The zero-order valence-electron chi connectivity index (χ0n) is 11.6. The molecule has 0 spiro atoms. The molecule has 100 valence electrons. The van der Waals surface area contributed by atoms with E-state index >= 15 is 0 Å². The van der Waals surface area contributed by atoms with Crippen molar-refractivity contribution in [2.24, 2.45) is 5.73 Å². The molecule has 0 aliphatic heterocycles. The first-order valence-electron chi connectivity index (χ1n) is 6.79. The van der Waals surface area contributed by atoms with Gasteiger partial charge in [-0.1, -0.05) is 36.8 Å². The minimum Gasteiger partial charge on any atom is -0.457 e. The zero-order valence-corrected chi connectivity index (χ0v) is 11.6. The third-order valence-electron chi connectivity index (χ3n) is 3.19. The Hall–Kier alpha value is -1.80. The van der Waals surface area contributed by atoms with Crippen molar-refractivity contribution in [2.75, 3.05) is 6.54 Å². The summed E-state index contributed by atoms with van der Waals surface area (Å²) in [6.07, 6.45) is 1.88. The van der Waals surface area contributed by atoms with Crippen LogP contribution in [0.4, 0.5) is 0 Å². The number of hydrogen-bond acceptors (Lipinski definition) is 2. The van der Waals surface area contributed by atoms with E-state index in [0.29, 0.717) is 6.54 Å². The molecule has 0 atom stereocenters. The van der Waals surface area contributed by atoms with E-state index in [0.717, 1.165) is 24.3 Å². The highest BCUT2D eigenvalue weighted by atomic mass is 16.5. The molecule has 0 fully saturated rings. The summed E-state index contributed by atoms with van der Waals surface area (Å²) in [4.78, 5) is 0. The number of ether oxygens (including phenoxy) is 1. The van der Waals surface area contributed by atoms with Crippen LogP contribution >= 0.6 is 0 Å². The Bertz CT molecular complexity index is 531. The minimum atomic E-state index is 0.634. The standard InChI is InChI=1S/C17H21NO/c1-3-14-5-7-16(8-6-14)19-17-9-4-13(2)12-15(17)10-11-18/h4-9,12H,3,10-11,18H2,1-2H3.